The van der Waals surface area contributed by atoms with Crippen LogP contribution in [0, 0.1) is 11.6 Å². The number of hydrogen-bond acceptors (Lipinski definition) is 4. The summed E-state index contributed by atoms with van der Waals surface area (Å²) in [4.78, 5) is 21.3. The molecule has 0 heterocycles. The van der Waals surface area contributed by atoms with Crippen LogP contribution in [0.15, 0.2) is 6.07 Å². The zero-order chi connectivity index (χ0) is 12.5. The zero-order valence-electron chi connectivity index (χ0n) is 7.95. The van der Waals surface area contributed by atoms with Crippen molar-refractivity contribution in [1.82, 2.24) is 0 Å². The van der Waals surface area contributed by atoms with E-state index in [4.69, 9.17) is 5.11 Å². The van der Waals surface area contributed by atoms with Gasteiger partial charge in [0.05, 0.1) is 7.11 Å². The topological polar surface area (TPSA) is 83.8 Å². The van der Waals surface area contributed by atoms with Crippen LogP contribution in [0.1, 0.15) is 10.4 Å². The Morgan fingerprint density at radius 3 is 2.31 bits per heavy atom. The van der Waals surface area contributed by atoms with Crippen LogP contribution in [0.5, 0.6) is 11.5 Å². The Kier molecular flexibility index (Phi) is 3.07. The van der Waals surface area contributed by atoms with Crippen LogP contribution in [0.25, 0.3) is 0 Å². The van der Waals surface area contributed by atoms with Crippen LogP contribution < -0.4 is 4.74 Å². The maximum Gasteiger partial charge on any atom is 0.377 e. The third-order valence-electron chi connectivity index (χ3n) is 1.79. The second-order valence-corrected chi connectivity index (χ2v) is 2.73. The summed E-state index contributed by atoms with van der Waals surface area (Å²) in [6, 6.07) is 0.259. The molecule has 1 rings (SSSR count). The largest absolute Gasteiger partial charge is 0.504 e. The molecule has 0 aliphatic rings. The van der Waals surface area contributed by atoms with Gasteiger partial charge in [0, 0.05) is 6.07 Å². The molecule has 0 aromatic heterocycles. The summed E-state index contributed by atoms with van der Waals surface area (Å²) in [5.41, 5.74) is -1.13. The van der Waals surface area contributed by atoms with Gasteiger partial charge in [-0.1, -0.05) is 0 Å². The van der Waals surface area contributed by atoms with E-state index in [0.29, 0.717) is 0 Å². The molecule has 0 fully saturated rings. The fourth-order valence-electron chi connectivity index (χ4n) is 1.11. The molecule has 0 bridgehead atoms. The number of aliphatic carboxylic acids is 1. The lowest BCUT2D eigenvalue weighted by Gasteiger charge is -2.08. The molecule has 86 valence electrons. The van der Waals surface area contributed by atoms with Crippen molar-refractivity contribution in [3.8, 4) is 11.5 Å². The van der Waals surface area contributed by atoms with Gasteiger partial charge in [0.1, 0.15) is 11.4 Å². The van der Waals surface area contributed by atoms with Gasteiger partial charge in [-0.2, -0.15) is 0 Å². The predicted molar refractivity (Wildman–Crippen MR) is 46.5 cm³/mol. The Bertz CT molecular complexity index is 469. The van der Waals surface area contributed by atoms with Gasteiger partial charge in [0.25, 0.3) is 5.78 Å². The van der Waals surface area contributed by atoms with E-state index in [1.54, 1.807) is 0 Å². The number of rotatable bonds is 3. The lowest BCUT2D eigenvalue weighted by Crippen LogP contribution is -2.15. The van der Waals surface area contributed by atoms with Crippen molar-refractivity contribution in [3.05, 3.63) is 23.3 Å². The number of phenolic OH excluding ortho intramolecular Hbond substituents is 1. The molecule has 7 heteroatoms. The van der Waals surface area contributed by atoms with Crippen molar-refractivity contribution in [2.45, 2.75) is 0 Å². The zero-order valence-corrected chi connectivity index (χ0v) is 7.95. The summed E-state index contributed by atoms with van der Waals surface area (Å²) in [5.74, 6) is -8.32. The Balaban J connectivity index is 3.51. The summed E-state index contributed by atoms with van der Waals surface area (Å²) in [6.07, 6.45) is 0. The summed E-state index contributed by atoms with van der Waals surface area (Å²) >= 11 is 0. The van der Waals surface area contributed by atoms with Crippen LogP contribution in [0.3, 0.4) is 0 Å². The molecule has 16 heavy (non-hydrogen) atoms. The predicted octanol–water partition coefficient (Wildman–Crippen LogP) is 0.946. The van der Waals surface area contributed by atoms with Crippen molar-refractivity contribution in [2.24, 2.45) is 0 Å². The molecule has 0 atom stereocenters. The first kappa shape index (κ1) is 11.9. The molecule has 0 saturated heterocycles. The number of carbonyl (C=O) groups is 2. The van der Waals surface area contributed by atoms with Gasteiger partial charge < -0.3 is 14.9 Å². The average Bonchev–Trinajstić information content (AvgIpc) is 2.17. The third-order valence-corrected chi connectivity index (χ3v) is 1.79. The highest BCUT2D eigenvalue weighted by Crippen LogP contribution is 2.34. The van der Waals surface area contributed by atoms with Crippen LogP contribution in [-0.2, 0) is 4.79 Å². The first-order valence-electron chi connectivity index (χ1n) is 3.92. The van der Waals surface area contributed by atoms with E-state index in [0.717, 1.165) is 7.11 Å². The molecule has 0 radical (unpaired) electrons. The molecular formula is C9H6F2O5. The van der Waals surface area contributed by atoms with Gasteiger partial charge in [-0.15, -0.1) is 0 Å². The fourth-order valence-corrected chi connectivity index (χ4v) is 1.11. The number of benzene rings is 1. The van der Waals surface area contributed by atoms with Crippen molar-refractivity contribution in [2.75, 3.05) is 7.11 Å². The molecular weight excluding hydrogens is 226 g/mol. The molecule has 0 saturated carbocycles. The number of carboxylic acids is 1. The van der Waals surface area contributed by atoms with Gasteiger partial charge in [-0.3, -0.25) is 4.79 Å². The quantitative estimate of drug-likeness (QED) is 0.598. The van der Waals surface area contributed by atoms with Gasteiger partial charge >= 0.3 is 5.97 Å². The SMILES string of the molecule is COc1c(F)cc(F)c(C(=O)C(=O)O)c1O. The van der Waals surface area contributed by atoms with E-state index >= 15 is 0 Å². The highest BCUT2D eigenvalue weighted by atomic mass is 19.1. The monoisotopic (exact) mass is 232 g/mol. The summed E-state index contributed by atoms with van der Waals surface area (Å²) in [5, 5.41) is 17.6. The molecule has 0 spiro atoms. The van der Waals surface area contributed by atoms with Crippen LogP contribution in [-0.4, -0.2) is 29.1 Å². The second-order valence-electron chi connectivity index (χ2n) is 2.73. The fraction of sp³-hybridized carbons (Fsp3) is 0.111. The number of carbonyl (C=O) groups excluding carboxylic acids is 1. The smallest absolute Gasteiger partial charge is 0.377 e. The molecule has 0 aliphatic heterocycles. The van der Waals surface area contributed by atoms with Gasteiger partial charge in [-0.05, 0) is 0 Å². The van der Waals surface area contributed by atoms with Gasteiger partial charge in [-0.25, -0.2) is 13.6 Å². The number of Topliss-reactive ketones (excluding diaryl/α,β-unsaturated/α-hetero) is 1. The molecule has 0 aliphatic carbocycles. The second kappa shape index (κ2) is 4.13. The number of ketones is 1. The van der Waals surface area contributed by atoms with Crippen LogP contribution in [0.4, 0.5) is 8.78 Å². The highest BCUT2D eigenvalue weighted by molar-refractivity contribution is 6.40. The first-order chi connectivity index (χ1) is 7.40. The lowest BCUT2D eigenvalue weighted by molar-refractivity contribution is -0.131. The van der Waals surface area contributed by atoms with E-state index in [2.05, 4.69) is 4.74 Å². The lowest BCUT2D eigenvalue weighted by atomic mass is 10.1. The average molecular weight is 232 g/mol. The molecule has 1 aromatic rings. The standard InChI is InChI=1S/C9H6F2O5/c1-16-8-4(11)2-3(10)5(6(8)12)7(13)9(14)15/h2,12H,1H3,(H,14,15). The molecule has 5 nitrogen and oxygen atoms in total. The first-order valence-corrected chi connectivity index (χ1v) is 3.92. The van der Waals surface area contributed by atoms with E-state index in [1.807, 2.05) is 0 Å². The van der Waals surface area contributed by atoms with Crippen LogP contribution >= 0.6 is 0 Å². The minimum atomic E-state index is -1.97. The highest BCUT2D eigenvalue weighted by Gasteiger charge is 2.28. The van der Waals surface area contributed by atoms with E-state index in [9.17, 15) is 23.5 Å². The van der Waals surface area contributed by atoms with E-state index in [-0.39, 0.29) is 6.07 Å². The number of phenols is 1. The summed E-state index contributed by atoms with van der Waals surface area (Å²) in [7, 11) is 0.977. The molecule has 0 unspecified atom stereocenters. The Hall–Kier alpha value is -2.18. The third kappa shape index (κ3) is 1.79. The Morgan fingerprint density at radius 1 is 1.31 bits per heavy atom. The van der Waals surface area contributed by atoms with Crippen molar-refractivity contribution in [1.29, 1.82) is 0 Å². The number of halogens is 2. The number of methoxy groups -OCH3 is 1. The summed E-state index contributed by atoms with van der Waals surface area (Å²) in [6.45, 7) is 0. The minimum Gasteiger partial charge on any atom is -0.504 e. The number of ether oxygens (including phenoxy) is 1. The Morgan fingerprint density at radius 2 is 1.88 bits per heavy atom. The molecule has 1 aromatic carbocycles. The van der Waals surface area contributed by atoms with Gasteiger partial charge in [0.15, 0.2) is 17.3 Å². The Labute approximate surface area is 87.9 Å². The number of carboxylic acid groups (broad SMARTS) is 1. The van der Waals surface area contributed by atoms with E-state index < -0.39 is 40.4 Å². The van der Waals surface area contributed by atoms with E-state index in [1.165, 1.54) is 0 Å². The number of hydrogen-bond donors (Lipinski definition) is 2. The molecule has 0 amide bonds. The maximum absolute atomic E-state index is 13.1. The van der Waals surface area contributed by atoms with Crippen LogP contribution in [0.2, 0.25) is 0 Å². The normalized spacial score (nSPS) is 9.94. The number of aromatic hydroxyl groups is 1. The van der Waals surface area contributed by atoms with Gasteiger partial charge in [0.2, 0.25) is 0 Å². The minimum absolute atomic E-state index is 0.259. The van der Waals surface area contributed by atoms with Crippen molar-refractivity contribution < 1.29 is 33.3 Å². The van der Waals surface area contributed by atoms with Crippen molar-refractivity contribution >= 4 is 11.8 Å². The maximum atomic E-state index is 13.1. The molecule has 2 N–H and O–H groups in total. The van der Waals surface area contributed by atoms with Crippen molar-refractivity contribution in [3.63, 3.8) is 0 Å². The summed E-state index contributed by atoms with van der Waals surface area (Å²) < 4.78 is 30.4.